The first kappa shape index (κ1) is 19.7. The van der Waals surface area contributed by atoms with Crippen LogP contribution in [-0.4, -0.2) is 24.9 Å². The van der Waals surface area contributed by atoms with Crippen molar-refractivity contribution in [2.24, 2.45) is 0 Å². The van der Waals surface area contributed by atoms with E-state index in [1.54, 1.807) is 30.6 Å². The molecule has 3 aromatic carbocycles. The molecule has 0 fully saturated rings. The van der Waals surface area contributed by atoms with Crippen molar-refractivity contribution in [1.82, 2.24) is 10.3 Å². The van der Waals surface area contributed by atoms with Crippen molar-refractivity contribution < 1.29 is 14.3 Å². The topological polar surface area (TPSA) is 72.5 Å². The molecule has 0 aliphatic heterocycles. The zero-order valence-electron chi connectivity index (χ0n) is 16.6. The fourth-order valence-electron chi connectivity index (χ4n) is 2.94. The van der Waals surface area contributed by atoms with Gasteiger partial charge in [-0.2, -0.15) is 0 Å². The Morgan fingerprint density at radius 2 is 1.80 bits per heavy atom. The van der Waals surface area contributed by atoms with Crippen molar-refractivity contribution in [2.75, 3.05) is 19.2 Å². The highest BCUT2D eigenvalue weighted by Crippen LogP contribution is 2.31. The van der Waals surface area contributed by atoms with E-state index in [1.807, 2.05) is 42.5 Å². The molecule has 0 bridgehead atoms. The Morgan fingerprint density at radius 3 is 2.57 bits per heavy atom. The number of hydrogen-bond acceptors (Lipinski definition) is 5. The summed E-state index contributed by atoms with van der Waals surface area (Å²) in [5, 5.41) is 6.41. The van der Waals surface area contributed by atoms with Gasteiger partial charge in [0.1, 0.15) is 5.01 Å². The van der Waals surface area contributed by atoms with Crippen LogP contribution in [0, 0.1) is 6.92 Å². The molecular weight excluding hydrogens is 398 g/mol. The third kappa shape index (κ3) is 4.52. The zero-order chi connectivity index (χ0) is 20.9. The van der Waals surface area contributed by atoms with Gasteiger partial charge < -0.3 is 20.1 Å². The highest BCUT2D eigenvalue weighted by Gasteiger charge is 2.08. The van der Waals surface area contributed by atoms with Crippen molar-refractivity contribution in [3.8, 4) is 22.1 Å². The van der Waals surface area contributed by atoms with Crippen LogP contribution in [0.3, 0.4) is 0 Å². The second kappa shape index (κ2) is 8.84. The van der Waals surface area contributed by atoms with Crippen molar-refractivity contribution in [3.63, 3.8) is 0 Å². The first-order chi connectivity index (χ1) is 14.6. The number of aryl methyl sites for hydroxylation is 1. The highest BCUT2D eigenvalue weighted by molar-refractivity contribution is 7.21. The minimum atomic E-state index is -0.354. The molecule has 0 radical (unpaired) electrons. The van der Waals surface area contributed by atoms with Gasteiger partial charge in [-0.25, -0.2) is 9.78 Å². The van der Waals surface area contributed by atoms with Gasteiger partial charge in [-0.05, 0) is 61.0 Å². The van der Waals surface area contributed by atoms with Gasteiger partial charge in [0.05, 0.1) is 17.3 Å². The van der Waals surface area contributed by atoms with Gasteiger partial charge in [0, 0.05) is 11.3 Å². The molecule has 0 aliphatic rings. The number of nitrogens with one attached hydrogen (secondary N) is 2. The Morgan fingerprint density at radius 1 is 1.03 bits per heavy atom. The number of benzene rings is 3. The predicted molar refractivity (Wildman–Crippen MR) is 120 cm³/mol. The van der Waals surface area contributed by atoms with E-state index >= 15 is 0 Å². The second-order valence-electron chi connectivity index (χ2n) is 6.64. The van der Waals surface area contributed by atoms with Crippen LogP contribution >= 0.6 is 11.3 Å². The summed E-state index contributed by atoms with van der Waals surface area (Å²) in [4.78, 5) is 16.8. The number of methoxy groups -OCH3 is 1. The lowest BCUT2D eigenvalue weighted by molar-refractivity contribution is 0.231. The van der Waals surface area contributed by atoms with Crippen LogP contribution < -0.4 is 20.1 Å². The summed E-state index contributed by atoms with van der Waals surface area (Å²) in [7, 11) is 1.57. The maximum atomic E-state index is 12.1. The number of aromatic nitrogens is 1. The monoisotopic (exact) mass is 419 g/mol. The van der Waals surface area contributed by atoms with Crippen LogP contribution in [0.1, 0.15) is 5.56 Å². The number of hydrogen-bond donors (Lipinski definition) is 2. The quantitative estimate of drug-likeness (QED) is 0.408. The largest absolute Gasteiger partial charge is 0.493 e. The minimum absolute atomic E-state index is 0.0232. The average Bonchev–Trinajstić information content (AvgIpc) is 3.18. The van der Waals surface area contributed by atoms with Crippen LogP contribution in [0.25, 0.3) is 20.8 Å². The molecule has 0 aliphatic carbocycles. The minimum Gasteiger partial charge on any atom is -0.493 e. The van der Waals surface area contributed by atoms with E-state index in [1.165, 1.54) is 10.3 Å². The molecule has 6 nitrogen and oxygen atoms in total. The smallest absolute Gasteiger partial charge is 0.321 e. The number of carbonyl (C=O) groups excluding carboxylic acids is 1. The summed E-state index contributed by atoms with van der Waals surface area (Å²) < 4.78 is 11.9. The first-order valence-corrected chi connectivity index (χ1v) is 10.2. The normalized spacial score (nSPS) is 10.6. The van der Waals surface area contributed by atoms with Gasteiger partial charge in [0.25, 0.3) is 0 Å². The third-order valence-electron chi connectivity index (χ3n) is 4.46. The molecule has 2 amide bonds. The SMILES string of the molecule is COc1ccccc1OCNC(=O)Nc1ccc(-c2nc3ccc(C)cc3s2)cc1. The fourth-order valence-corrected chi connectivity index (χ4v) is 4.01. The molecule has 0 unspecified atom stereocenters. The number of rotatable bonds is 6. The maximum Gasteiger partial charge on any atom is 0.321 e. The third-order valence-corrected chi connectivity index (χ3v) is 5.53. The zero-order valence-corrected chi connectivity index (χ0v) is 17.5. The Balaban J connectivity index is 1.34. The van der Waals surface area contributed by atoms with Gasteiger partial charge in [0.15, 0.2) is 18.2 Å². The van der Waals surface area contributed by atoms with E-state index in [9.17, 15) is 4.79 Å². The summed E-state index contributed by atoms with van der Waals surface area (Å²) in [6, 6.07) is 20.8. The van der Waals surface area contributed by atoms with Crippen molar-refractivity contribution in [3.05, 3.63) is 72.3 Å². The summed E-state index contributed by atoms with van der Waals surface area (Å²) >= 11 is 1.66. The molecule has 2 N–H and O–H groups in total. The van der Waals surface area contributed by atoms with Gasteiger partial charge in [-0.15, -0.1) is 11.3 Å². The molecule has 7 heteroatoms. The van der Waals surface area contributed by atoms with E-state index in [0.29, 0.717) is 17.2 Å². The van der Waals surface area contributed by atoms with Gasteiger partial charge in [-0.3, -0.25) is 0 Å². The predicted octanol–water partition coefficient (Wildman–Crippen LogP) is 5.44. The molecule has 0 spiro atoms. The van der Waals surface area contributed by atoms with Crippen LogP contribution in [-0.2, 0) is 0 Å². The van der Waals surface area contributed by atoms with Crippen LogP contribution in [0.5, 0.6) is 11.5 Å². The highest BCUT2D eigenvalue weighted by atomic mass is 32.1. The number of carbonyl (C=O) groups is 1. The Hall–Kier alpha value is -3.58. The van der Waals surface area contributed by atoms with E-state index in [0.717, 1.165) is 16.1 Å². The van der Waals surface area contributed by atoms with Gasteiger partial charge in [-0.1, -0.05) is 18.2 Å². The van der Waals surface area contributed by atoms with Gasteiger partial charge >= 0.3 is 6.03 Å². The summed E-state index contributed by atoms with van der Waals surface area (Å²) in [6.07, 6.45) is 0. The number of anilines is 1. The number of amides is 2. The number of ether oxygens (including phenoxy) is 2. The summed E-state index contributed by atoms with van der Waals surface area (Å²) in [5.74, 6) is 1.18. The average molecular weight is 420 g/mol. The fraction of sp³-hybridized carbons (Fsp3) is 0.130. The standard InChI is InChI=1S/C23H21N3O3S/c1-15-7-12-18-21(13-15)30-22(26-18)16-8-10-17(11-9-16)25-23(27)24-14-29-20-6-4-3-5-19(20)28-2/h3-13H,14H2,1-2H3,(H2,24,25,27). The molecule has 0 saturated carbocycles. The number of thiazole rings is 1. The van der Waals surface area contributed by atoms with Crippen molar-refractivity contribution in [2.45, 2.75) is 6.92 Å². The maximum absolute atomic E-state index is 12.1. The van der Waals surface area contributed by atoms with Crippen LogP contribution in [0.2, 0.25) is 0 Å². The van der Waals surface area contributed by atoms with Crippen molar-refractivity contribution in [1.29, 1.82) is 0 Å². The lowest BCUT2D eigenvalue weighted by Crippen LogP contribution is -2.32. The molecule has 1 heterocycles. The Labute approximate surface area is 178 Å². The first-order valence-electron chi connectivity index (χ1n) is 9.41. The molecule has 30 heavy (non-hydrogen) atoms. The molecule has 152 valence electrons. The lowest BCUT2D eigenvalue weighted by atomic mass is 10.2. The second-order valence-corrected chi connectivity index (χ2v) is 7.67. The van der Waals surface area contributed by atoms with E-state index < -0.39 is 0 Å². The number of fused-ring (bicyclic) bond motifs is 1. The molecule has 4 rings (SSSR count). The summed E-state index contributed by atoms with van der Waals surface area (Å²) in [5.41, 5.74) is 3.92. The molecular formula is C23H21N3O3S. The molecule has 0 saturated heterocycles. The summed E-state index contributed by atoms with van der Waals surface area (Å²) in [6.45, 7) is 2.10. The van der Waals surface area contributed by atoms with E-state index in [2.05, 4.69) is 29.7 Å². The van der Waals surface area contributed by atoms with Crippen LogP contribution in [0.4, 0.5) is 10.5 Å². The molecule has 1 aromatic heterocycles. The van der Waals surface area contributed by atoms with Gasteiger partial charge in [0.2, 0.25) is 0 Å². The molecule has 0 atom stereocenters. The van der Waals surface area contributed by atoms with E-state index in [4.69, 9.17) is 14.5 Å². The number of para-hydroxylation sites is 2. The Bertz CT molecular complexity index is 1170. The number of nitrogens with zero attached hydrogens (tertiary/aromatic N) is 1. The Kier molecular flexibility index (Phi) is 5.81. The lowest BCUT2D eigenvalue weighted by Gasteiger charge is -2.12. The number of urea groups is 1. The van der Waals surface area contributed by atoms with Crippen molar-refractivity contribution >= 4 is 33.3 Å². The molecule has 4 aromatic rings. The van der Waals surface area contributed by atoms with E-state index in [-0.39, 0.29) is 12.8 Å². The van der Waals surface area contributed by atoms with Crippen LogP contribution in [0.15, 0.2) is 66.7 Å².